The summed E-state index contributed by atoms with van der Waals surface area (Å²) in [4.78, 5) is 4.15. The Morgan fingerprint density at radius 2 is 2.12 bits per heavy atom. The number of nitrogens with zero attached hydrogens (tertiary/aromatic N) is 1. The minimum atomic E-state index is -2.79. The van der Waals surface area contributed by atoms with E-state index in [-0.39, 0.29) is 6.16 Å². The van der Waals surface area contributed by atoms with Crippen molar-refractivity contribution >= 4 is 7.37 Å². The van der Waals surface area contributed by atoms with Gasteiger partial charge < -0.3 is 19.7 Å². The first-order valence-corrected chi connectivity index (χ1v) is 11.6. The van der Waals surface area contributed by atoms with E-state index >= 15 is 0 Å². The molecule has 0 saturated heterocycles. The van der Waals surface area contributed by atoms with E-state index in [0.29, 0.717) is 37.7 Å². The zero-order valence-electron chi connectivity index (χ0n) is 16.0. The molecule has 7 heteroatoms. The van der Waals surface area contributed by atoms with Crippen LogP contribution < -0.4 is 10.1 Å². The molecule has 1 aliphatic carbocycles. The van der Waals surface area contributed by atoms with Crippen LogP contribution in [0.1, 0.15) is 44.6 Å². The SMILES string of the molecule is CCOP(=O)(CC(O)CNCc1ccc(OC)nc1)CC1CCCCC1. The first kappa shape index (κ1) is 21.4. The molecular weight excluding hydrogens is 351 g/mol. The standard InChI is InChI=1S/C19H33N2O4P/c1-3-25-26(23,14-16-7-5-4-6-8-16)15-18(22)13-20-11-17-9-10-19(24-2)21-12-17/h9-10,12,16,18,20,22H,3-8,11,13-15H2,1-2H3. The van der Waals surface area contributed by atoms with E-state index in [1.807, 2.05) is 13.0 Å². The number of hydrogen-bond donors (Lipinski definition) is 2. The quantitative estimate of drug-likeness (QED) is 0.569. The number of aliphatic hydroxyl groups excluding tert-OH is 1. The Bertz CT molecular complexity index is 561. The molecule has 1 aromatic rings. The predicted octanol–water partition coefficient (Wildman–Crippen LogP) is 3.44. The van der Waals surface area contributed by atoms with Gasteiger partial charge in [-0.15, -0.1) is 0 Å². The molecule has 0 radical (unpaired) electrons. The Hall–Kier alpha value is -0.940. The molecule has 148 valence electrons. The highest BCUT2D eigenvalue weighted by Crippen LogP contribution is 2.50. The van der Waals surface area contributed by atoms with Gasteiger partial charge in [0.2, 0.25) is 13.2 Å². The molecule has 6 nitrogen and oxygen atoms in total. The maximum atomic E-state index is 13.2. The number of rotatable bonds is 11. The Balaban J connectivity index is 1.78. The van der Waals surface area contributed by atoms with Crippen molar-refractivity contribution in [3.8, 4) is 5.88 Å². The summed E-state index contributed by atoms with van der Waals surface area (Å²) in [5, 5.41) is 13.6. The summed E-state index contributed by atoms with van der Waals surface area (Å²) in [6.07, 6.45) is 7.89. The fourth-order valence-corrected chi connectivity index (χ4v) is 6.34. The van der Waals surface area contributed by atoms with E-state index < -0.39 is 13.5 Å². The highest BCUT2D eigenvalue weighted by molar-refractivity contribution is 7.59. The fourth-order valence-electron chi connectivity index (χ4n) is 3.58. The van der Waals surface area contributed by atoms with Crippen molar-refractivity contribution in [1.82, 2.24) is 10.3 Å². The minimum Gasteiger partial charge on any atom is -0.481 e. The summed E-state index contributed by atoms with van der Waals surface area (Å²) in [6, 6.07) is 3.74. The maximum Gasteiger partial charge on any atom is 0.212 e. The summed E-state index contributed by atoms with van der Waals surface area (Å²) < 4.78 is 23.8. The van der Waals surface area contributed by atoms with Crippen LogP contribution in [0, 0.1) is 5.92 Å². The molecule has 0 bridgehead atoms. The Morgan fingerprint density at radius 1 is 1.35 bits per heavy atom. The number of hydrogen-bond acceptors (Lipinski definition) is 6. The van der Waals surface area contributed by atoms with Crippen LogP contribution in [0.2, 0.25) is 0 Å². The first-order chi connectivity index (χ1) is 12.5. The number of methoxy groups -OCH3 is 1. The highest BCUT2D eigenvalue weighted by Gasteiger charge is 2.30. The summed E-state index contributed by atoms with van der Waals surface area (Å²) >= 11 is 0. The topological polar surface area (TPSA) is 80.7 Å². The number of ether oxygens (including phenoxy) is 1. The van der Waals surface area contributed by atoms with Crippen LogP contribution in [0.15, 0.2) is 18.3 Å². The second kappa shape index (κ2) is 11.0. The lowest BCUT2D eigenvalue weighted by molar-refractivity contribution is 0.186. The number of aromatic nitrogens is 1. The van der Waals surface area contributed by atoms with Crippen LogP contribution >= 0.6 is 7.37 Å². The second-order valence-electron chi connectivity index (χ2n) is 7.10. The lowest BCUT2D eigenvalue weighted by atomic mass is 9.91. The van der Waals surface area contributed by atoms with Crippen LogP contribution in [0.5, 0.6) is 5.88 Å². The molecule has 2 atom stereocenters. The van der Waals surface area contributed by atoms with Crippen molar-refractivity contribution in [3.63, 3.8) is 0 Å². The van der Waals surface area contributed by atoms with Crippen LogP contribution in [0.25, 0.3) is 0 Å². The van der Waals surface area contributed by atoms with Gasteiger partial charge in [0.15, 0.2) is 0 Å². The van der Waals surface area contributed by atoms with E-state index in [2.05, 4.69) is 10.3 Å². The molecule has 0 aromatic carbocycles. The summed E-state index contributed by atoms with van der Waals surface area (Å²) in [5.41, 5.74) is 1.01. The highest BCUT2D eigenvalue weighted by atomic mass is 31.2. The van der Waals surface area contributed by atoms with E-state index in [1.165, 1.54) is 19.3 Å². The van der Waals surface area contributed by atoms with E-state index in [4.69, 9.17) is 9.26 Å². The van der Waals surface area contributed by atoms with Crippen molar-refractivity contribution in [2.24, 2.45) is 5.92 Å². The lowest BCUT2D eigenvalue weighted by Crippen LogP contribution is -2.30. The predicted molar refractivity (Wildman–Crippen MR) is 104 cm³/mol. The number of pyridine rings is 1. The van der Waals surface area contributed by atoms with Gasteiger partial charge in [-0.25, -0.2) is 4.98 Å². The Labute approximate surface area is 157 Å². The fraction of sp³-hybridized carbons (Fsp3) is 0.737. The molecule has 1 heterocycles. The molecule has 0 spiro atoms. The molecule has 1 saturated carbocycles. The van der Waals surface area contributed by atoms with Gasteiger partial charge in [0.25, 0.3) is 0 Å². The number of nitrogens with one attached hydrogen (secondary N) is 1. The molecule has 2 unspecified atom stereocenters. The molecule has 0 aliphatic heterocycles. The van der Waals surface area contributed by atoms with Gasteiger partial charge in [-0.2, -0.15) is 0 Å². The van der Waals surface area contributed by atoms with Crippen molar-refractivity contribution in [3.05, 3.63) is 23.9 Å². The molecule has 26 heavy (non-hydrogen) atoms. The Morgan fingerprint density at radius 3 is 2.73 bits per heavy atom. The van der Waals surface area contributed by atoms with Crippen LogP contribution in [-0.2, 0) is 15.6 Å². The average Bonchev–Trinajstić information content (AvgIpc) is 2.63. The third-order valence-corrected chi connectivity index (χ3v) is 7.61. The van der Waals surface area contributed by atoms with Gasteiger partial charge in [0, 0.05) is 31.5 Å². The van der Waals surface area contributed by atoms with Gasteiger partial charge >= 0.3 is 0 Å². The zero-order valence-corrected chi connectivity index (χ0v) is 16.9. The van der Waals surface area contributed by atoms with Crippen molar-refractivity contribution in [2.45, 2.75) is 51.7 Å². The van der Waals surface area contributed by atoms with Gasteiger partial charge in [0.1, 0.15) is 0 Å². The molecular formula is C19H33N2O4P. The lowest BCUT2D eigenvalue weighted by Gasteiger charge is -2.28. The van der Waals surface area contributed by atoms with Crippen molar-refractivity contribution < 1.29 is 18.9 Å². The van der Waals surface area contributed by atoms with Crippen molar-refractivity contribution in [2.75, 3.05) is 32.6 Å². The van der Waals surface area contributed by atoms with Crippen LogP contribution in [0.3, 0.4) is 0 Å². The van der Waals surface area contributed by atoms with E-state index in [0.717, 1.165) is 18.4 Å². The smallest absolute Gasteiger partial charge is 0.212 e. The molecule has 2 rings (SSSR count). The van der Waals surface area contributed by atoms with Crippen molar-refractivity contribution in [1.29, 1.82) is 0 Å². The molecule has 1 aromatic heterocycles. The largest absolute Gasteiger partial charge is 0.481 e. The maximum absolute atomic E-state index is 13.2. The molecule has 1 aliphatic rings. The van der Waals surface area contributed by atoms with Crippen LogP contribution in [0.4, 0.5) is 0 Å². The van der Waals surface area contributed by atoms with Gasteiger partial charge in [-0.05, 0) is 31.2 Å². The average molecular weight is 384 g/mol. The first-order valence-electron chi connectivity index (χ1n) is 9.65. The van der Waals surface area contributed by atoms with Gasteiger partial charge in [0.05, 0.1) is 26.0 Å². The summed E-state index contributed by atoms with van der Waals surface area (Å²) in [5.74, 6) is 1.06. The number of aliphatic hydroxyl groups is 1. The molecule has 2 N–H and O–H groups in total. The molecule has 1 fully saturated rings. The zero-order chi connectivity index (χ0) is 18.8. The third kappa shape index (κ3) is 7.36. The molecule has 0 amide bonds. The third-order valence-electron chi connectivity index (χ3n) is 4.83. The van der Waals surface area contributed by atoms with Gasteiger partial charge in [-0.3, -0.25) is 4.57 Å². The minimum absolute atomic E-state index is 0.227. The van der Waals surface area contributed by atoms with E-state index in [1.54, 1.807) is 19.4 Å². The Kier molecular flexibility index (Phi) is 9.06. The summed E-state index contributed by atoms with van der Waals surface area (Å²) in [6.45, 7) is 3.28. The van der Waals surface area contributed by atoms with Gasteiger partial charge in [-0.1, -0.05) is 25.3 Å². The normalized spacial score (nSPS) is 19.0. The van der Waals surface area contributed by atoms with Crippen LogP contribution in [-0.4, -0.2) is 48.8 Å². The second-order valence-corrected chi connectivity index (χ2v) is 9.71. The monoisotopic (exact) mass is 384 g/mol. The van der Waals surface area contributed by atoms with E-state index in [9.17, 15) is 9.67 Å². The summed E-state index contributed by atoms with van der Waals surface area (Å²) in [7, 11) is -1.20.